The predicted molar refractivity (Wildman–Crippen MR) is 131 cm³/mol. The molecular formula is C24H16Br2S2. The second-order valence-corrected chi connectivity index (χ2v) is 10.3. The highest BCUT2D eigenvalue weighted by molar-refractivity contribution is 9.10. The molecule has 0 aromatic heterocycles. The van der Waals surface area contributed by atoms with Crippen molar-refractivity contribution >= 4 is 53.4 Å². The molecule has 0 nitrogen and oxygen atoms in total. The van der Waals surface area contributed by atoms with Crippen LogP contribution in [0.2, 0.25) is 0 Å². The minimum Gasteiger partial charge on any atom is -0.0533 e. The van der Waals surface area contributed by atoms with Crippen LogP contribution in [0.25, 0.3) is 22.3 Å². The Labute approximate surface area is 190 Å². The topological polar surface area (TPSA) is 0 Å². The average molecular weight is 528 g/mol. The first-order chi connectivity index (χ1) is 13.7. The molecule has 0 amide bonds. The van der Waals surface area contributed by atoms with E-state index >= 15 is 0 Å². The number of halogens is 2. The van der Waals surface area contributed by atoms with Gasteiger partial charge in [0.05, 0.1) is 0 Å². The van der Waals surface area contributed by atoms with Gasteiger partial charge in [-0.25, -0.2) is 0 Å². The number of hydrogen-bond acceptors (Lipinski definition) is 2. The summed E-state index contributed by atoms with van der Waals surface area (Å²) >= 11 is 6.97. The van der Waals surface area contributed by atoms with Gasteiger partial charge in [0.1, 0.15) is 0 Å². The third-order valence-corrected chi connectivity index (χ3v) is 7.77. The second-order valence-electron chi connectivity index (χ2n) is 6.23. The summed E-state index contributed by atoms with van der Waals surface area (Å²) < 4.78 is 2.21. The van der Waals surface area contributed by atoms with E-state index in [0.717, 1.165) is 8.95 Å². The summed E-state index contributed by atoms with van der Waals surface area (Å²) in [6.45, 7) is 0. The van der Waals surface area contributed by atoms with Crippen LogP contribution in [-0.2, 0) is 0 Å². The molecule has 4 aromatic carbocycles. The SMILES string of the molecule is Brc1ccc(-c2ccc(SSc3ccc(-c4ccc(Br)cc4)cc3)cc2)cc1. The zero-order valence-electron chi connectivity index (χ0n) is 14.8. The van der Waals surface area contributed by atoms with E-state index in [4.69, 9.17) is 0 Å². The Morgan fingerprint density at radius 3 is 0.893 bits per heavy atom. The van der Waals surface area contributed by atoms with Crippen LogP contribution in [0.15, 0.2) is 116 Å². The van der Waals surface area contributed by atoms with Crippen molar-refractivity contribution in [2.24, 2.45) is 0 Å². The molecule has 4 aromatic rings. The van der Waals surface area contributed by atoms with Gasteiger partial charge >= 0.3 is 0 Å². The molecule has 4 rings (SSSR count). The molecule has 0 spiro atoms. The molecule has 0 bridgehead atoms. The highest BCUT2D eigenvalue weighted by Gasteiger charge is 2.02. The lowest BCUT2D eigenvalue weighted by atomic mass is 10.1. The van der Waals surface area contributed by atoms with Gasteiger partial charge in [0.15, 0.2) is 0 Å². The second kappa shape index (κ2) is 9.36. The largest absolute Gasteiger partial charge is 0.0533 e. The van der Waals surface area contributed by atoms with Gasteiger partial charge in [0.25, 0.3) is 0 Å². The van der Waals surface area contributed by atoms with E-state index in [2.05, 4.69) is 129 Å². The maximum Gasteiger partial charge on any atom is 0.0186 e. The van der Waals surface area contributed by atoms with Gasteiger partial charge < -0.3 is 0 Å². The van der Waals surface area contributed by atoms with Crippen molar-refractivity contribution < 1.29 is 0 Å². The first kappa shape index (κ1) is 19.8. The summed E-state index contributed by atoms with van der Waals surface area (Å²) in [5.74, 6) is 0. The fourth-order valence-corrected chi connectivity index (χ4v) is 5.25. The van der Waals surface area contributed by atoms with E-state index in [1.807, 2.05) is 0 Å². The molecule has 0 saturated carbocycles. The Hall–Kier alpha value is -1.46. The average Bonchev–Trinajstić information content (AvgIpc) is 2.74. The van der Waals surface area contributed by atoms with E-state index in [1.165, 1.54) is 32.0 Å². The van der Waals surface area contributed by atoms with Gasteiger partial charge in [-0.3, -0.25) is 0 Å². The summed E-state index contributed by atoms with van der Waals surface area (Å²) in [4.78, 5) is 2.51. The third-order valence-electron chi connectivity index (χ3n) is 4.30. The maximum absolute atomic E-state index is 3.48. The quantitative estimate of drug-likeness (QED) is 0.237. The molecule has 0 aliphatic heterocycles. The van der Waals surface area contributed by atoms with Gasteiger partial charge in [-0.1, -0.05) is 102 Å². The molecule has 0 unspecified atom stereocenters. The van der Waals surface area contributed by atoms with Gasteiger partial charge in [-0.2, -0.15) is 0 Å². The Bertz CT molecular complexity index is 951. The first-order valence-electron chi connectivity index (χ1n) is 8.74. The Balaban J connectivity index is 1.39. The van der Waals surface area contributed by atoms with Crippen LogP contribution in [0.5, 0.6) is 0 Å². The third kappa shape index (κ3) is 5.12. The molecule has 0 aliphatic rings. The zero-order valence-corrected chi connectivity index (χ0v) is 19.6. The molecule has 0 N–H and O–H groups in total. The summed E-state index contributed by atoms with van der Waals surface area (Å²) in [5, 5.41) is 0. The van der Waals surface area contributed by atoms with E-state index in [1.54, 1.807) is 21.6 Å². The lowest BCUT2D eigenvalue weighted by Crippen LogP contribution is -1.78. The monoisotopic (exact) mass is 526 g/mol. The van der Waals surface area contributed by atoms with Crippen LogP contribution < -0.4 is 0 Å². The van der Waals surface area contributed by atoms with Crippen molar-refractivity contribution in [1.29, 1.82) is 0 Å². The lowest BCUT2D eigenvalue weighted by molar-refractivity contribution is 1.46. The van der Waals surface area contributed by atoms with Crippen molar-refractivity contribution in [3.05, 3.63) is 106 Å². The summed E-state index contributed by atoms with van der Waals surface area (Å²) in [6.07, 6.45) is 0. The van der Waals surface area contributed by atoms with Crippen molar-refractivity contribution in [2.75, 3.05) is 0 Å². The maximum atomic E-state index is 3.48. The van der Waals surface area contributed by atoms with Crippen molar-refractivity contribution in [1.82, 2.24) is 0 Å². The van der Waals surface area contributed by atoms with Gasteiger partial charge in [0, 0.05) is 18.7 Å². The van der Waals surface area contributed by atoms with Crippen molar-refractivity contribution in [3.63, 3.8) is 0 Å². The normalized spacial score (nSPS) is 10.8. The number of benzene rings is 4. The first-order valence-corrected chi connectivity index (χ1v) is 12.5. The number of rotatable bonds is 5. The fourth-order valence-electron chi connectivity index (χ4n) is 2.79. The lowest BCUT2D eigenvalue weighted by Gasteiger charge is -2.06. The van der Waals surface area contributed by atoms with E-state index in [0.29, 0.717) is 0 Å². The molecule has 0 atom stereocenters. The van der Waals surface area contributed by atoms with Crippen molar-refractivity contribution in [2.45, 2.75) is 9.79 Å². The highest BCUT2D eigenvalue weighted by atomic mass is 79.9. The summed E-state index contributed by atoms with van der Waals surface area (Å²) in [7, 11) is 3.57. The molecule has 4 heteroatoms. The van der Waals surface area contributed by atoms with Crippen LogP contribution in [0, 0.1) is 0 Å². The molecule has 0 radical (unpaired) electrons. The Kier molecular flexibility index (Phi) is 6.63. The van der Waals surface area contributed by atoms with Crippen LogP contribution in [0.4, 0.5) is 0 Å². The molecule has 138 valence electrons. The van der Waals surface area contributed by atoms with E-state index < -0.39 is 0 Å². The highest BCUT2D eigenvalue weighted by Crippen LogP contribution is 2.38. The van der Waals surface area contributed by atoms with Crippen molar-refractivity contribution in [3.8, 4) is 22.3 Å². The van der Waals surface area contributed by atoms with Crippen LogP contribution in [-0.4, -0.2) is 0 Å². The molecular weight excluding hydrogens is 512 g/mol. The minimum absolute atomic E-state index is 1.10. The molecule has 0 aliphatic carbocycles. The van der Waals surface area contributed by atoms with Gasteiger partial charge in [-0.15, -0.1) is 0 Å². The minimum atomic E-state index is 1.10. The van der Waals surface area contributed by atoms with Gasteiger partial charge in [0.2, 0.25) is 0 Å². The molecule has 28 heavy (non-hydrogen) atoms. The summed E-state index contributed by atoms with van der Waals surface area (Å²) in [6, 6.07) is 34.3. The zero-order chi connectivity index (χ0) is 19.3. The fraction of sp³-hybridized carbons (Fsp3) is 0. The van der Waals surface area contributed by atoms with E-state index in [-0.39, 0.29) is 0 Å². The molecule has 0 saturated heterocycles. The number of hydrogen-bond donors (Lipinski definition) is 0. The standard InChI is InChI=1S/C24H16Br2S2/c25-21-9-1-17(2-10-21)19-5-13-23(14-6-19)27-28-24-15-7-20(8-16-24)18-3-11-22(26)12-4-18/h1-16H. The smallest absolute Gasteiger partial charge is 0.0186 e. The van der Waals surface area contributed by atoms with Gasteiger partial charge in [-0.05, 0) is 70.8 Å². The van der Waals surface area contributed by atoms with Crippen LogP contribution >= 0.6 is 53.4 Å². The molecule has 0 fully saturated rings. The summed E-state index contributed by atoms with van der Waals surface area (Å²) in [5.41, 5.74) is 4.94. The molecule has 0 heterocycles. The Morgan fingerprint density at radius 2 is 0.607 bits per heavy atom. The van der Waals surface area contributed by atoms with E-state index in [9.17, 15) is 0 Å². The van der Waals surface area contributed by atoms with Crippen LogP contribution in [0.3, 0.4) is 0 Å². The predicted octanol–water partition coefficient (Wildman–Crippen LogP) is 9.34. The Morgan fingerprint density at radius 1 is 0.357 bits per heavy atom. The van der Waals surface area contributed by atoms with Crippen LogP contribution in [0.1, 0.15) is 0 Å².